The van der Waals surface area contributed by atoms with Crippen molar-refractivity contribution in [2.45, 2.75) is 26.3 Å². The lowest BCUT2D eigenvalue weighted by atomic mass is 10.1. The van der Waals surface area contributed by atoms with Crippen LogP contribution in [-0.4, -0.2) is 21.4 Å². The predicted octanol–water partition coefficient (Wildman–Crippen LogP) is 4.06. The number of nitriles is 1. The molecule has 0 bridgehead atoms. The number of nitrogens with zero attached hydrogens (tertiary/aromatic N) is 4. The van der Waals surface area contributed by atoms with Gasteiger partial charge in [-0.2, -0.15) is 10.4 Å². The zero-order valence-corrected chi connectivity index (χ0v) is 14.3. The smallest absolute Gasteiger partial charge is 0.168 e. The highest BCUT2D eigenvalue weighted by Crippen LogP contribution is 2.43. The topological polar surface area (TPSA) is 63.7 Å². The van der Waals surface area contributed by atoms with Gasteiger partial charge in [0.1, 0.15) is 12.1 Å². The standard InChI is InChI=1S/C18H16N4OS/c1-11(2)22-18(20-10-21-22)16-8-13-5-6-23-15-7-12(9-19)3-4-14(15)17(13)24-16/h3-4,7-8,10-11H,5-6H2,1-2H3. The maximum Gasteiger partial charge on any atom is 0.168 e. The average molecular weight is 336 g/mol. The second kappa shape index (κ2) is 5.77. The van der Waals surface area contributed by atoms with E-state index in [0.29, 0.717) is 12.2 Å². The monoisotopic (exact) mass is 336 g/mol. The highest BCUT2D eigenvalue weighted by molar-refractivity contribution is 7.19. The molecule has 5 nitrogen and oxygen atoms in total. The third-order valence-electron chi connectivity index (χ3n) is 4.08. The molecule has 0 fully saturated rings. The van der Waals surface area contributed by atoms with Gasteiger partial charge in [0.25, 0.3) is 0 Å². The SMILES string of the molecule is CC(C)n1ncnc1-c1cc2c(s1)-c1ccc(C#N)cc1OCC2. The fourth-order valence-corrected chi connectivity index (χ4v) is 4.16. The van der Waals surface area contributed by atoms with Crippen LogP contribution in [-0.2, 0) is 6.42 Å². The number of benzene rings is 1. The first kappa shape index (κ1) is 14.9. The van der Waals surface area contributed by atoms with Gasteiger partial charge in [0.15, 0.2) is 5.82 Å². The Morgan fingerprint density at radius 2 is 2.21 bits per heavy atom. The van der Waals surface area contributed by atoms with Gasteiger partial charge in [0.2, 0.25) is 0 Å². The molecule has 24 heavy (non-hydrogen) atoms. The Kier molecular flexibility index (Phi) is 3.58. The molecule has 0 aliphatic carbocycles. The minimum absolute atomic E-state index is 0.262. The van der Waals surface area contributed by atoms with Gasteiger partial charge in [-0.3, -0.25) is 0 Å². The van der Waals surface area contributed by atoms with Crippen molar-refractivity contribution in [1.29, 1.82) is 5.26 Å². The normalized spacial score (nSPS) is 12.9. The summed E-state index contributed by atoms with van der Waals surface area (Å²) in [6.07, 6.45) is 2.45. The molecule has 4 rings (SSSR count). The largest absolute Gasteiger partial charge is 0.493 e. The molecule has 1 aliphatic heterocycles. The fourth-order valence-electron chi connectivity index (χ4n) is 2.93. The van der Waals surface area contributed by atoms with Gasteiger partial charge >= 0.3 is 0 Å². The van der Waals surface area contributed by atoms with E-state index in [9.17, 15) is 0 Å². The van der Waals surface area contributed by atoms with Crippen LogP contribution >= 0.6 is 11.3 Å². The van der Waals surface area contributed by atoms with Crippen LogP contribution in [0.4, 0.5) is 0 Å². The average Bonchev–Trinajstić information content (AvgIpc) is 3.18. The van der Waals surface area contributed by atoms with Crippen molar-refractivity contribution in [1.82, 2.24) is 14.8 Å². The molecule has 6 heteroatoms. The maximum atomic E-state index is 9.10. The van der Waals surface area contributed by atoms with E-state index in [1.807, 2.05) is 22.9 Å². The molecule has 3 heterocycles. The number of fused-ring (bicyclic) bond motifs is 3. The number of thiophene rings is 1. The summed E-state index contributed by atoms with van der Waals surface area (Å²) in [4.78, 5) is 6.75. The number of hydrogen-bond donors (Lipinski definition) is 0. The zero-order chi connectivity index (χ0) is 16.7. The Morgan fingerprint density at radius 3 is 3.00 bits per heavy atom. The molecule has 0 atom stereocenters. The molecule has 3 aromatic rings. The van der Waals surface area contributed by atoms with Crippen molar-refractivity contribution in [3.8, 4) is 33.0 Å². The van der Waals surface area contributed by atoms with E-state index >= 15 is 0 Å². The second-order valence-electron chi connectivity index (χ2n) is 6.01. The summed E-state index contributed by atoms with van der Waals surface area (Å²) in [6, 6.07) is 10.3. The summed E-state index contributed by atoms with van der Waals surface area (Å²) in [5, 5.41) is 13.4. The predicted molar refractivity (Wildman–Crippen MR) is 93.1 cm³/mol. The van der Waals surface area contributed by atoms with Crippen LogP contribution in [0, 0.1) is 11.3 Å². The molecule has 0 amide bonds. The highest BCUT2D eigenvalue weighted by atomic mass is 32.1. The summed E-state index contributed by atoms with van der Waals surface area (Å²) < 4.78 is 7.79. The van der Waals surface area contributed by atoms with Crippen molar-refractivity contribution in [3.05, 3.63) is 41.7 Å². The molecule has 2 aromatic heterocycles. The molecular weight excluding hydrogens is 320 g/mol. The van der Waals surface area contributed by atoms with Gasteiger partial charge in [-0.05, 0) is 43.7 Å². The van der Waals surface area contributed by atoms with Crippen LogP contribution in [0.25, 0.3) is 21.1 Å². The van der Waals surface area contributed by atoms with E-state index in [1.54, 1.807) is 17.7 Å². The van der Waals surface area contributed by atoms with Crippen molar-refractivity contribution in [2.24, 2.45) is 0 Å². The summed E-state index contributed by atoms with van der Waals surface area (Å²) in [6.45, 7) is 4.81. The van der Waals surface area contributed by atoms with Crippen LogP contribution in [0.15, 0.2) is 30.6 Å². The van der Waals surface area contributed by atoms with E-state index in [1.165, 1.54) is 10.4 Å². The Hall–Kier alpha value is -2.65. The molecule has 0 saturated heterocycles. The van der Waals surface area contributed by atoms with Crippen molar-refractivity contribution in [2.75, 3.05) is 6.61 Å². The summed E-state index contributed by atoms with van der Waals surface area (Å²) in [5.41, 5.74) is 2.93. The lowest BCUT2D eigenvalue weighted by Gasteiger charge is -2.08. The van der Waals surface area contributed by atoms with Gasteiger partial charge in [-0.15, -0.1) is 11.3 Å². The summed E-state index contributed by atoms with van der Waals surface area (Å²) in [7, 11) is 0. The lowest BCUT2D eigenvalue weighted by Crippen LogP contribution is -2.04. The van der Waals surface area contributed by atoms with E-state index in [4.69, 9.17) is 10.00 Å². The van der Waals surface area contributed by atoms with Gasteiger partial charge in [-0.1, -0.05) is 0 Å². The van der Waals surface area contributed by atoms with Crippen molar-refractivity contribution in [3.63, 3.8) is 0 Å². The van der Waals surface area contributed by atoms with Crippen molar-refractivity contribution < 1.29 is 4.74 Å². The number of aromatic nitrogens is 3. The first-order valence-electron chi connectivity index (χ1n) is 7.87. The minimum Gasteiger partial charge on any atom is -0.493 e. The second-order valence-corrected chi connectivity index (χ2v) is 7.06. The van der Waals surface area contributed by atoms with Crippen LogP contribution in [0.3, 0.4) is 0 Å². The van der Waals surface area contributed by atoms with E-state index in [2.05, 4.69) is 36.1 Å². The summed E-state index contributed by atoms with van der Waals surface area (Å²) in [5.74, 6) is 1.69. The Morgan fingerprint density at radius 1 is 1.33 bits per heavy atom. The fraction of sp³-hybridized carbons (Fsp3) is 0.278. The first-order chi connectivity index (χ1) is 11.7. The molecule has 0 spiro atoms. The van der Waals surface area contributed by atoms with Crippen LogP contribution in [0.1, 0.15) is 31.0 Å². The number of hydrogen-bond acceptors (Lipinski definition) is 5. The third-order valence-corrected chi connectivity index (χ3v) is 5.28. The first-order valence-corrected chi connectivity index (χ1v) is 8.69. The number of rotatable bonds is 2. The lowest BCUT2D eigenvalue weighted by molar-refractivity contribution is 0.326. The van der Waals surface area contributed by atoms with Crippen molar-refractivity contribution >= 4 is 11.3 Å². The van der Waals surface area contributed by atoms with Gasteiger partial charge in [0.05, 0.1) is 23.1 Å². The third kappa shape index (κ3) is 2.38. The maximum absolute atomic E-state index is 9.10. The van der Waals surface area contributed by atoms with Crippen LogP contribution < -0.4 is 4.74 Å². The van der Waals surface area contributed by atoms with Crippen LogP contribution in [0.2, 0.25) is 0 Å². The Labute approximate surface area is 144 Å². The van der Waals surface area contributed by atoms with E-state index in [0.717, 1.165) is 28.4 Å². The summed E-state index contributed by atoms with van der Waals surface area (Å²) >= 11 is 1.71. The molecule has 1 aromatic carbocycles. The Bertz CT molecular complexity index is 948. The van der Waals surface area contributed by atoms with Gasteiger partial charge < -0.3 is 4.74 Å². The molecule has 0 unspecified atom stereocenters. The zero-order valence-electron chi connectivity index (χ0n) is 13.5. The molecule has 0 radical (unpaired) electrons. The molecular formula is C18H16N4OS. The van der Waals surface area contributed by atoms with Crippen LogP contribution in [0.5, 0.6) is 5.75 Å². The molecule has 0 saturated carbocycles. The molecule has 0 N–H and O–H groups in total. The highest BCUT2D eigenvalue weighted by Gasteiger charge is 2.22. The van der Waals surface area contributed by atoms with Gasteiger partial charge in [0, 0.05) is 22.9 Å². The molecule has 120 valence electrons. The Balaban J connectivity index is 1.85. The minimum atomic E-state index is 0.262. The number of ether oxygens (including phenoxy) is 1. The van der Waals surface area contributed by atoms with Gasteiger partial charge in [-0.25, -0.2) is 9.67 Å². The van der Waals surface area contributed by atoms with E-state index < -0.39 is 0 Å². The van der Waals surface area contributed by atoms with E-state index in [-0.39, 0.29) is 6.04 Å². The quantitative estimate of drug-likeness (QED) is 0.708. The molecule has 1 aliphatic rings.